The van der Waals surface area contributed by atoms with Gasteiger partial charge in [0.05, 0.1) is 11.9 Å². The molecule has 2 heterocycles. The number of aryl methyl sites for hydroxylation is 3. The van der Waals surface area contributed by atoms with Gasteiger partial charge < -0.3 is 0 Å². The van der Waals surface area contributed by atoms with E-state index in [4.69, 9.17) is 11.6 Å². The lowest BCUT2D eigenvalue weighted by molar-refractivity contribution is 0.589. The second-order valence-electron chi connectivity index (χ2n) is 8.19. The number of thiophene rings is 1. The number of fused-ring (bicyclic) bond motifs is 3. The molecule has 0 N–H and O–H groups in total. The maximum absolute atomic E-state index is 13.6. The van der Waals surface area contributed by atoms with Crippen molar-refractivity contribution in [3.63, 3.8) is 0 Å². The topological polar surface area (TPSA) is 44.0 Å². The maximum atomic E-state index is 13.6. The Morgan fingerprint density at radius 3 is 2.56 bits per heavy atom. The van der Waals surface area contributed by atoms with Crippen molar-refractivity contribution in [2.45, 2.75) is 45.2 Å². The van der Waals surface area contributed by atoms with Gasteiger partial charge >= 0.3 is 5.69 Å². The fourth-order valence-electron chi connectivity index (χ4n) is 4.46. The molecule has 164 valence electrons. The van der Waals surface area contributed by atoms with Gasteiger partial charge in [0, 0.05) is 16.4 Å². The SMILES string of the molecule is O=c1c2c3c(sc2n(Cc2ccc(F)cc2Cl)c(=O)n1CCc1ccccc1)CCCC3. The third-order valence-electron chi connectivity index (χ3n) is 6.13. The monoisotopic (exact) mass is 468 g/mol. The molecule has 32 heavy (non-hydrogen) atoms. The normalized spacial score (nSPS) is 13.4. The molecule has 0 fully saturated rings. The highest BCUT2D eigenvalue weighted by Crippen LogP contribution is 2.34. The lowest BCUT2D eigenvalue weighted by atomic mass is 9.97. The highest BCUT2D eigenvalue weighted by molar-refractivity contribution is 7.18. The first-order valence-corrected chi connectivity index (χ1v) is 12.0. The predicted octanol–water partition coefficient (Wildman–Crippen LogP) is 5.19. The molecule has 0 unspecified atom stereocenters. The Labute approximate surface area is 193 Å². The Morgan fingerprint density at radius 1 is 1.00 bits per heavy atom. The third kappa shape index (κ3) is 3.82. The first kappa shape index (κ1) is 21.2. The van der Waals surface area contributed by atoms with Gasteiger partial charge in [0.2, 0.25) is 0 Å². The minimum atomic E-state index is -0.421. The molecule has 4 aromatic rings. The zero-order valence-electron chi connectivity index (χ0n) is 17.4. The van der Waals surface area contributed by atoms with Gasteiger partial charge in [-0.15, -0.1) is 11.3 Å². The lowest BCUT2D eigenvalue weighted by Gasteiger charge is -2.14. The van der Waals surface area contributed by atoms with E-state index in [1.807, 2.05) is 30.3 Å². The summed E-state index contributed by atoms with van der Waals surface area (Å²) in [4.78, 5) is 28.9. The Bertz CT molecular complexity index is 1420. The molecular weight excluding hydrogens is 447 g/mol. The summed E-state index contributed by atoms with van der Waals surface area (Å²) in [5.74, 6) is -0.421. The fourth-order valence-corrected chi connectivity index (χ4v) is 6.06. The van der Waals surface area contributed by atoms with Crippen LogP contribution in [-0.2, 0) is 32.4 Å². The number of hydrogen-bond donors (Lipinski definition) is 0. The largest absolute Gasteiger partial charge is 0.332 e. The van der Waals surface area contributed by atoms with Crippen LogP contribution in [0.15, 0.2) is 58.1 Å². The maximum Gasteiger partial charge on any atom is 0.332 e. The van der Waals surface area contributed by atoms with Crippen LogP contribution in [0.25, 0.3) is 10.2 Å². The first-order chi connectivity index (χ1) is 15.5. The molecule has 0 spiro atoms. The van der Waals surface area contributed by atoms with Gasteiger partial charge in [-0.3, -0.25) is 13.9 Å². The molecule has 4 nitrogen and oxygen atoms in total. The number of hydrogen-bond acceptors (Lipinski definition) is 3. The molecule has 0 bridgehead atoms. The van der Waals surface area contributed by atoms with Crippen LogP contribution >= 0.6 is 22.9 Å². The molecular formula is C25H22ClFN2O2S. The average Bonchev–Trinajstić information content (AvgIpc) is 3.18. The molecule has 0 saturated carbocycles. The summed E-state index contributed by atoms with van der Waals surface area (Å²) in [6, 6.07) is 14.0. The first-order valence-electron chi connectivity index (χ1n) is 10.8. The third-order valence-corrected chi connectivity index (χ3v) is 7.80. The molecule has 0 saturated heterocycles. The summed E-state index contributed by atoms with van der Waals surface area (Å²) >= 11 is 7.81. The molecule has 1 aliphatic rings. The van der Waals surface area contributed by atoms with Crippen molar-refractivity contribution >= 4 is 33.2 Å². The summed E-state index contributed by atoms with van der Waals surface area (Å²) in [5, 5.41) is 0.934. The summed E-state index contributed by atoms with van der Waals surface area (Å²) in [7, 11) is 0. The van der Waals surface area contributed by atoms with Crippen LogP contribution in [0.1, 0.15) is 34.4 Å². The van der Waals surface area contributed by atoms with Crippen LogP contribution in [0.5, 0.6) is 0 Å². The summed E-state index contributed by atoms with van der Waals surface area (Å²) in [5.41, 5.74) is 2.25. The number of nitrogens with zero attached hydrogens (tertiary/aromatic N) is 2. The van der Waals surface area contributed by atoms with Gasteiger partial charge in [0.15, 0.2) is 0 Å². The summed E-state index contributed by atoms with van der Waals surface area (Å²) < 4.78 is 16.6. The molecule has 1 aliphatic carbocycles. The highest BCUT2D eigenvalue weighted by atomic mass is 35.5. The van der Waals surface area contributed by atoms with Crippen LogP contribution in [-0.4, -0.2) is 9.13 Å². The van der Waals surface area contributed by atoms with Crippen molar-refractivity contribution in [3.8, 4) is 0 Å². The van der Waals surface area contributed by atoms with Crippen molar-refractivity contribution < 1.29 is 4.39 Å². The van der Waals surface area contributed by atoms with Crippen LogP contribution in [0.4, 0.5) is 4.39 Å². The lowest BCUT2D eigenvalue weighted by Crippen LogP contribution is -2.40. The van der Waals surface area contributed by atoms with Crippen LogP contribution < -0.4 is 11.2 Å². The molecule has 5 rings (SSSR count). The van der Waals surface area contributed by atoms with Crippen molar-refractivity contribution in [3.05, 3.63) is 102 Å². The van der Waals surface area contributed by atoms with E-state index in [-0.39, 0.29) is 22.8 Å². The molecule has 2 aromatic carbocycles. The molecule has 7 heteroatoms. The van der Waals surface area contributed by atoms with E-state index in [0.717, 1.165) is 36.8 Å². The highest BCUT2D eigenvalue weighted by Gasteiger charge is 2.24. The van der Waals surface area contributed by atoms with Gasteiger partial charge in [-0.25, -0.2) is 9.18 Å². The number of aromatic nitrogens is 2. The van der Waals surface area contributed by atoms with E-state index in [1.54, 1.807) is 10.6 Å². The van der Waals surface area contributed by atoms with E-state index in [1.165, 1.54) is 32.9 Å². The fraction of sp³-hybridized carbons (Fsp3) is 0.280. The van der Waals surface area contributed by atoms with Gasteiger partial charge in [-0.05, 0) is 60.9 Å². The van der Waals surface area contributed by atoms with Crippen LogP contribution in [0.3, 0.4) is 0 Å². The van der Waals surface area contributed by atoms with E-state index in [2.05, 4.69) is 0 Å². The molecule has 2 aromatic heterocycles. The minimum Gasteiger partial charge on any atom is -0.280 e. The summed E-state index contributed by atoms with van der Waals surface area (Å²) in [6.45, 7) is 0.499. The quantitative estimate of drug-likeness (QED) is 0.404. The standard InChI is InChI=1S/C25H22ClFN2O2S/c26-20-14-18(27)11-10-17(20)15-29-24-22(19-8-4-5-9-21(19)32-24)23(30)28(25(29)31)13-12-16-6-2-1-3-7-16/h1-3,6-7,10-11,14H,4-5,8-9,12-13,15H2. The zero-order chi connectivity index (χ0) is 22.2. The van der Waals surface area contributed by atoms with Gasteiger partial charge in [-0.2, -0.15) is 0 Å². The van der Waals surface area contributed by atoms with Gasteiger partial charge in [-0.1, -0.05) is 48.0 Å². The average molecular weight is 469 g/mol. The minimum absolute atomic E-state index is 0.194. The van der Waals surface area contributed by atoms with Crippen LogP contribution in [0, 0.1) is 5.82 Å². The Balaban J connectivity index is 1.67. The zero-order valence-corrected chi connectivity index (χ0v) is 19.0. The van der Waals surface area contributed by atoms with E-state index >= 15 is 0 Å². The Hall–Kier alpha value is -2.70. The number of benzene rings is 2. The Morgan fingerprint density at radius 2 is 1.78 bits per heavy atom. The molecule has 0 atom stereocenters. The van der Waals surface area contributed by atoms with Crippen molar-refractivity contribution in [1.82, 2.24) is 9.13 Å². The second kappa shape index (κ2) is 8.68. The van der Waals surface area contributed by atoms with E-state index in [0.29, 0.717) is 28.7 Å². The number of rotatable bonds is 5. The van der Waals surface area contributed by atoms with Crippen molar-refractivity contribution in [1.29, 1.82) is 0 Å². The van der Waals surface area contributed by atoms with Gasteiger partial charge in [0.25, 0.3) is 5.56 Å². The van der Waals surface area contributed by atoms with E-state index in [9.17, 15) is 14.0 Å². The van der Waals surface area contributed by atoms with Crippen LogP contribution in [0.2, 0.25) is 5.02 Å². The van der Waals surface area contributed by atoms with Crippen molar-refractivity contribution in [2.75, 3.05) is 0 Å². The Kier molecular flexibility index (Phi) is 5.74. The van der Waals surface area contributed by atoms with E-state index < -0.39 is 5.82 Å². The second-order valence-corrected chi connectivity index (χ2v) is 9.68. The predicted molar refractivity (Wildman–Crippen MR) is 128 cm³/mol. The molecule has 0 radical (unpaired) electrons. The smallest absolute Gasteiger partial charge is 0.280 e. The van der Waals surface area contributed by atoms with Crippen molar-refractivity contribution in [2.24, 2.45) is 0 Å². The van der Waals surface area contributed by atoms with Gasteiger partial charge in [0.1, 0.15) is 10.6 Å². The number of halogens is 2. The molecule has 0 amide bonds. The summed E-state index contributed by atoms with van der Waals surface area (Å²) in [6.07, 6.45) is 4.52. The molecule has 0 aliphatic heterocycles.